The first kappa shape index (κ1) is 23.3. The van der Waals surface area contributed by atoms with Crippen LogP contribution in [0, 0.1) is 0 Å². The van der Waals surface area contributed by atoms with Crippen molar-refractivity contribution in [3.8, 4) is 5.75 Å². The van der Waals surface area contributed by atoms with Crippen LogP contribution in [-0.4, -0.2) is 24.3 Å². The molecule has 1 aromatic heterocycles. The molecule has 0 N–H and O–H groups in total. The van der Waals surface area contributed by atoms with Crippen LogP contribution in [0.4, 0.5) is 0 Å². The molecule has 6 nitrogen and oxygen atoms in total. The number of hydrogen-bond donors (Lipinski definition) is 0. The number of hydrogen-bond acceptors (Lipinski definition) is 6. The molecule has 33 heavy (non-hydrogen) atoms. The van der Waals surface area contributed by atoms with Crippen molar-refractivity contribution in [2.24, 2.45) is 4.99 Å². The average Bonchev–Trinajstić information content (AvgIpc) is 3.10. The van der Waals surface area contributed by atoms with E-state index < -0.39 is 12.0 Å². The van der Waals surface area contributed by atoms with Gasteiger partial charge in [-0.1, -0.05) is 52.7 Å². The highest BCUT2D eigenvalue weighted by molar-refractivity contribution is 7.07. The molecule has 0 amide bonds. The Balaban J connectivity index is 1.97. The number of halogens is 2. The van der Waals surface area contributed by atoms with Gasteiger partial charge in [-0.25, -0.2) is 9.79 Å². The highest BCUT2D eigenvalue weighted by Crippen LogP contribution is 2.31. The third kappa shape index (κ3) is 4.36. The Bertz CT molecular complexity index is 1420. The van der Waals surface area contributed by atoms with Crippen LogP contribution in [0.2, 0.25) is 10.0 Å². The Morgan fingerprint density at radius 3 is 2.45 bits per heavy atom. The number of fused-ring (bicyclic) bond motifs is 1. The van der Waals surface area contributed by atoms with E-state index in [1.807, 2.05) is 12.1 Å². The standard InChI is InChI=1S/C24H20Cl2N2O4S/c1-4-32-23(30)20-13(2)27-24-28(21(20)14-8-10-15(31-3)11-9-14)22(29)19(33-24)12-16-17(25)6-5-7-18(16)26/h5-12,21H,4H2,1-3H3/b19-12+. The first-order valence-corrected chi connectivity index (χ1v) is 11.7. The van der Waals surface area contributed by atoms with Crippen molar-refractivity contribution >= 4 is 46.6 Å². The fourth-order valence-electron chi connectivity index (χ4n) is 3.67. The van der Waals surface area contributed by atoms with E-state index >= 15 is 0 Å². The number of ether oxygens (including phenoxy) is 2. The van der Waals surface area contributed by atoms with Crippen molar-refractivity contribution in [1.82, 2.24) is 4.57 Å². The number of thiazole rings is 1. The number of methoxy groups -OCH3 is 1. The summed E-state index contributed by atoms with van der Waals surface area (Å²) in [6.07, 6.45) is 1.66. The van der Waals surface area contributed by atoms with E-state index in [1.54, 1.807) is 57.4 Å². The summed E-state index contributed by atoms with van der Waals surface area (Å²) in [5.74, 6) is 0.154. The van der Waals surface area contributed by atoms with E-state index in [1.165, 1.54) is 15.9 Å². The lowest BCUT2D eigenvalue weighted by Gasteiger charge is -2.24. The molecule has 3 aromatic rings. The van der Waals surface area contributed by atoms with Crippen LogP contribution in [0.1, 0.15) is 31.0 Å². The summed E-state index contributed by atoms with van der Waals surface area (Å²) in [4.78, 5) is 31.5. The van der Waals surface area contributed by atoms with E-state index in [2.05, 4.69) is 4.99 Å². The smallest absolute Gasteiger partial charge is 0.338 e. The van der Waals surface area contributed by atoms with Crippen LogP contribution in [0.25, 0.3) is 6.08 Å². The van der Waals surface area contributed by atoms with E-state index in [0.717, 1.165) is 5.56 Å². The molecule has 1 aliphatic heterocycles. The number of esters is 1. The van der Waals surface area contributed by atoms with Crippen LogP contribution in [0.15, 0.2) is 63.5 Å². The van der Waals surface area contributed by atoms with Crippen molar-refractivity contribution in [3.05, 3.63) is 94.6 Å². The first-order valence-electron chi connectivity index (χ1n) is 10.1. The van der Waals surface area contributed by atoms with Crippen molar-refractivity contribution in [3.63, 3.8) is 0 Å². The van der Waals surface area contributed by atoms with Gasteiger partial charge >= 0.3 is 5.97 Å². The van der Waals surface area contributed by atoms with Crippen molar-refractivity contribution in [2.75, 3.05) is 13.7 Å². The Morgan fingerprint density at radius 1 is 1.18 bits per heavy atom. The van der Waals surface area contributed by atoms with Crippen LogP contribution in [-0.2, 0) is 9.53 Å². The van der Waals surface area contributed by atoms with E-state index in [4.69, 9.17) is 32.7 Å². The second-order valence-corrected chi connectivity index (χ2v) is 9.03. The maximum Gasteiger partial charge on any atom is 0.338 e. The zero-order chi connectivity index (χ0) is 23.7. The average molecular weight is 503 g/mol. The minimum atomic E-state index is -0.699. The first-order chi connectivity index (χ1) is 15.8. The third-order valence-corrected chi connectivity index (χ3v) is 6.87. The summed E-state index contributed by atoms with van der Waals surface area (Å²) >= 11 is 13.8. The highest BCUT2D eigenvalue weighted by Gasteiger charge is 2.33. The zero-order valence-corrected chi connectivity index (χ0v) is 20.4. The Kier molecular flexibility index (Phi) is 6.74. The summed E-state index contributed by atoms with van der Waals surface area (Å²) in [5.41, 5.74) is 1.80. The van der Waals surface area contributed by atoms with Crippen LogP contribution < -0.4 is 19.6 Å². The lowest BCUT2D eigenvalue weighted by Crippen LogP contribution is -2.39. The number of carbonyl (C=O) groups is 1. The molecule has 0 spiro atoms. The summed E-state index contributed by atoms with van der Waals surface area (Å²) in [5, 5.41) is 0.867. The van der Waals surface area contributed by atoms with E-state index in [9.17, 15) is 9.59 Å². The molecule has 9 heteroatoms. The quantitative estimate of drug-likeness (QED) is 0.492. The van der Waals surface area contributed by atoms with Gasteiger partial charge in [0.05, 0.1) is 35.6 Å². The molecule has 1 atom stereocenters. The van der Waals surface area contributed by atoms with Gasteiger partial charge in [-0.15, -0.1) is 0 Å². The Morgan fingerprint density at radius 2 is 1.85 bits per heavy atom. The van der Waals surface area contributed by atoms with Crippen molar-refractivity contribution in [2.45, 2.75) is 19.9 Å². The summed E-state index contributed by atoms with van der Waals surface area (Å²) < 4.78 is 12.5. The van der Waals surface area contributed by atoms with E-state index in [0.29, 0.717) is 42.0 Å². The number of carbonyl (C=O) groups excluding carboxylic acids is 1. The molecule has 170 valence electrons. The predicted molar refractivity (Wildman–Crippen MR) is 130 cm³/mol. The van der Waals surface area contributed by atoms with Gasteiger partial charge in [0.25, 0.3) is 5.56 Å². The van der Waals surface area contributed by atoms with E-state index in [-0.39, 0.29) is 12.2 Å². The van der Waals surface area contributed by atoms with Crippen LogP contribution in [0.5, 0.6) is 5.75 Å². The molecule has 0 radical (unpaired) electrons. The summed E-state index contributed by atoms with van der Waals surface area (Å²) in [6.45, 7) is 3.68. The molecule has 0 bridgehead atoms. The van der Waals surface area contributed by atoms with Gasteiger partial charge in [0.1, 0.15) is 5.75 Å². The molecule has 0 saturated carbocycles. The molecular weight excluding hydrogens is 483 g/mol. The fraction of sp³-hybridized carbons (Fsp3) is 0.208. The second-order valence-electron chi connectivity index (χ2n) is 7.21. The third-order valence-electron chi connectivity index (χ3n) is 5.22. The highest BCUT2D eigenvalue weighted by atomic mass is 35.5. The van der Waals surface area contributed by atoms with Gasteiger partial charge in [-0.3, -0.25) is 9.36 Å². The molecule has 0 fully saturated rings. The maximum absolute atomic E-state index is 13.6. The molecular formula is C24H20Cl2N2O4S. The van der Waals surface area contributed by atoms with Gasteiger partial charge in [0.15, 0.2) is 4.80 Å². The molecule has 1 unspecified atom stereocenters. The fourth-order valence-corrected chi connectivity index (χ4v) is 5.21. The lowest BCUT2D eigenvalue weighted by molar-refractivity contribution is -0.139. The lowest BCUT2D eigenvalue weighted by atomic mass is 9.96. The summed E-state index contributed by atoms with van der Waals surface area (Å²) in [7, 11) is 1.58. The molecule has 0 saturated heterocycles. The van der Waals surface area contributed by atoms with Gasteiger partial charge in [0.2, 0.25) is 0 Å². The Hall–Kier alpha value is -2.87. The number of benzene rings is 2. The minimum Gasteiger partial charge on any atom is -0.497 e. The number of aromatic nitrogens is 1. The van der Waals surface area contributed by atoms with Crippen LogP contribution >= 0.6 is 34.5 Å². The minimum absolute atomic E-state index is 0.209. The van der Waals surface area contributed by atoms with Gasteiger partial charge < -0.3 is 9.47 Å². The number of rotatable bonds is 5. The SMILES string of the molecule is CCOC(=O)C1=C(C)N=c2s/c(=C/c3c(Cl)cccc3Cl)c(=O)n2C1c1ccc(OC)cc1. The molecule has 2 heterocycles. The maximum atomic E-state index is 13.6. The molecule has 2 aromatic carbocycles. The zero-order valence-electron chi connectivity index (χ0n) is 18.1. The monoisotopic (exact) mass is 502 g/mol. The topological polar surface area (TPSA) is 69.9 Å². The number of allylic oxidation sites excluding steroid dienone is 1. The normalized spacial score (nSPS) is 15.8. The van der Waals surface area contributed by atoms with Gasteiger partial charge in [0, 0.05) is 15.6 Å². The summed E-state index contributed by atoms with van der Waals surface area (Å²) in [6, 6.07) is 11.7. The van der Waals surface area contributed by atoms with Crippen LogP contribution in [0.3, 0.4) is 0 Å². The second kappa shape index (κ2) is 9.55. The molecule has 0 aliphatic carbocycles. The van der Waals surface area contributed by atoms with Gasteiger partial charge in [-0.2, -0.15) is 0 Å². The number of nitrogens with zero attached hydrogens (tertiary/aromatic N) is 2. The predicted octanol–water partition coefficient (Wildman–Crippen LogP) is 4.11. The largest absolute Gasteiger partial charge is 0.497 e. The van der Waals surface area contributed by atoms with Crippen molar-refractivity contribution < 1.29 is 14.3 Å². The molecule has 1 aliphatic rings. The Labute approximate surface area is 204 Å². The van der Waals surface area contributed by atoms with Crippen molar-refractivity contribution in [1.29, 1.82) is 0 Å². The van der Waals surface area contributed by atoms with Gasteiger partial charge in [-0.05, 0) is 49.8 Å². The molecule has 4 rings (SSSR count).